The average Bonchev–Trinajstić information content (AvgIpc) is 2.57. The second kappa shape index (κ2) is 6.45. The summed E-state index contributed by atoms with van der Waals surface area (Å²) < 4.78 is 6.06. The van der Waals surface area contributed by atoms with Crippen molar-refractivity contribution in [2.45, 2.75) is 6.61 Å². The van der Waals surface area contributed by atoms with Gasteiger partial charge in [0.1, 0.15) is 17.4 Å². The number of hydrogen-bond acceptors (Lipinski definition) is 5. The van der Waals surface area contributed by atoms with Crippen LogP contribution in [0.4, 0.5) is 10.5 Å². The van der Waals surface area contributed by atoms with Gasteiger partial charge in [0, 0.05) is 0 Å². The number of hydrogen-bond donors (Lipinski definition) is 1. The molecule has 7 nitrogen and oxygen atoms in total. The maximum Gasteiger partial charge on any atom is 0.412 e. The zero-order valence-electron chi connectivity index (χ0n) is 11.8. The summed E-state index contributed by atoms with van der Waals surface area (Å²) in [5, 5.41) is 6.35. The molecule has 2 heterocycles. The third kappa shape index (κ3) is 3.46. The molecule has 1 aromatic carbocycles. The van der Waals surface area contributed by atoms with E-state index < -0.39 is 11.7 Å². The van der Waals surface area contributed by atoms with Gasteiger partial charge in [-0.15, -0.1) is 0 Å². The third-order valence-electron chi connectivity index (χ3n) is 2.98. The first-order valence-electron chi connectivity index (χ1n) is 6.66. The molecule has 0 saturated carbocycles. The van der Waals surface area contributed by atoms with E-state index in [1.165, 1.54) is 12.3 Å². The van der Waals surface area contributed by atoms with Crippen molar-refractivity contribution in [2.24, 2.45) is 0 Å². The number of benzene rings is 1. The molecule has 1 N–H and O–H groups in total. The Kier molecular flexibility index (Phi) is 4.20. The molecule has 116 valence electrons. The topological polar surface area (TPSA) is 85.6 Å². The van der Waals surface area contributed by atoms with Gasteiger partial charge >= 0.3 is 6.09 Å². The number of aromatic nitrogens is 3. The number of rotatable bonds is 3. The summed E-state index contributed by atoms with van der Waals surface area (Å²) in [5.41, 5.74) is 0.566. The fourth-order valence-corrected chi connectivity index (χ4v) is 2.03. The minimum Gasteiger partial charge on any atom is -0.444 e. The van der Waals surface area contributed by atoms with E-state index in [1.807, 2.05) is 30.3 Å². The molecule has 23 heavy (non-hydrogen) atoms. The molecule has 3 rings (SSSR count). The number of halogens is 1. The highest BCUT2D eigenvalue weighted by Crippen LogP contribution is 2.07. The molecule has 0 bridgehead atoms. The van der Waals surface area contributed by atoms with Crippen molar-refractivity contribution in [3.8, 4) is 0 Å². The molecule has 0 fully saturated rings. The minimum atomic E-state index is -0.755. The number of nitrogens with zero attached hydrogens (tertiary/aromatic N) is 3. The number of fused-ring (bicyclic) bond motifs is 1. The van der Waals surface area contributed by atoms with Crippen molar-refractivity contribution >= 4 is 29.0 Å². The van der Waals surface area contributed by atoms with Crippen molar-refractivity contribution in [3.63, 3.8) is 0 Å². The minimum absolute atomic E-state index is 0.0460. The standard InChI is InChI=1S/C15H11ClN4O3/c16-12-6-7-13-17-8-11(14(21)20(13)19-12)18-15(22)23-9-10-4-2-1-3-5-10/h1-8H,9H2,(H,18,22). The van der Waals surface area contributed by atoms with Crippen LogP contribution in [0.1, 0.15) is 5.56 Å². The summed E-state index contributed by atoms with van der Waals surface area (Å²) >= 11 is 5.76. The van der Waals surface area contributed by atoms with Gasteiger partial charge in [0.05, 0.1) is 6.20 Å². The highest BCUT2D eigenvalue weighted by molar-refractivity contribution is 6.29. The number of anilines is 1. The van der Waals surface area contributed by atoms with Gasteiger partial charge < -0.3 is 4.74 Å². The van der Waals surface area contributed by atoms with Crippen LogP contribution in [0.2, 0.25) is 5.15 Å². The quantitative estimate of drug-likeness (QED) is 0.797. The Balaban J connectivity index is 1.75. The van der Waals surface area contributed by atoms with Crippen molar-refractivity contribution in [3.05, 3.63) is 69.7 Å². The molecule has 0 aliphatic rings. The molecule has 0 unspecified atom stereocenters. The third-order valence-corrected chi connectivity index (χ3v) is 3.18. The van der Waals surface area contributed by atoms with Crippen LogP contribution in [-0.2, 0) is 11.3 Å². The maximum atomic E-state index is 12.2. The first-order valence-corrected chi connectivity index (χ1v) is 7.03. The Morgan fingerprint density at radius 3 is 2.78 bits per heavy atom. The highest BCUT2D eigenvalue weighted by atomic mass is 35.5. The molecule has 2 aromatic heterocycles. The second-order valence-corrected chi connectivity index (χ2v) is 4.98. The summed E-state index contributed by atoms with van der Waals surface area (Å²) in [5.74, 6) is 0. The number of carbonyl (C=O) groups excluding carboxylic acids is 1. The van der Waals surface area contributed by atoms with Crippen LogP contribution in [0.25, 0.3) is 5.65 Å². The number of carbonyl (C=O) groups is 1. The molecule has 0 radical (unpaired) electrons. The summed E-state index contributed by atoms with van der Waals surface area (Å²) in [4.78, 5) is 28.0. The van der Waals surface area contributed by atoms with Gasteiger partial charge in [0.25, 0.3) is 5.56 Å². The molecule has 0 saturated heterocycles. The summed E-state index contributed by atoms with van der Waals surface area (Å²) in [6.07, 6.45) is 0.492. The summed E-state index contributed by atoms with van der Waals surface area (Å²) in [6, 6.07) is 12.3. The maximum absolute atomic E-state index is 12.2. The Morgan fingerprint density at radius 1 is 1.22 bits per heavy atom. The van der Waals surface area contributed by atoms with Crippen LogP contribution >= 0.6 is 11.6 Å². The van der Waals surface area contributed by atoms with E-state index >= 15 is 0 Å². The Labute approximate surface area is 135 Å². The lowest BCUT2D eigenvalue weighted by Gasteiger charge is -2.07. The van der Waals surface area contributed by atoms with E-state index in [4.69, 9.17) is 16.3 Å². The Morgan fingerprint density at radius 2 is 2.00 bits per heavy atom. The normalized spacial score (nSPS) is 10.5. The largest absolute Gasteiger partial charge is 0.444 e. The summed E-state index contributed by atoms with van der Waals surface area (Å²) in [7, 11) is 0. The van der Waals surface area contributed by atoms with E-state index in [2.05, 4.69) is 15.4 Å². The number of amides is 1. The first kappa shape index (κ1) is 15.0. The summed E-state index contributed by atoms with van der Waals surface area (Å²) in [6.45, 7) is 0.0963. The van der Waals surface area contributed by atoms with Crippen LogP contribution < -0.4 is 10.9 Å². The monoisotopic (exact) mass is 330 g/mol. The lowest BCUT2D eigenvalue weighted by Crippen LogP contribution is -2.25. The smallest absolute Gasteiger partial charge is 0.412 e. The lowest BCUT2D eigenvalue weighted by molar-refractivity contribution is 0.155. The molecule has 3 aromatic rings. The van der Waals surface area contributed by atoms with Gasteiger partial charge in [0.15, 0.2) is 5.65 Å². The fraction of sp³-hybridized carbons (Fsp3) is 0.0667. The van der Waals surface area contributed by atoms with Crippen molar-refractivity contribution < 1.29 is 9.53 Å². The highest BCUT2D eigenvalue weighted by Gasteiger charge is 2.10. The molecule has 0 aliphatic heterocycles. The van der Waals surface area contributed by atoms with E-state index in [1.54, 1.807) is 6.07 Å². The molecule has 0 atom stereocenters. The zero-order chi connectivity index (χ0) is 16.2. The lowest BCUT2D eigenvalue weighted by atomic mass is 10.2. The van der Waals surface area contributed by atoms with E-state index in [9.17, 15) is 9.59 Å². The fourth-order valence-electron chi connectivity index (χ4n) is 1.90. The molecule has 0 spiro atoms. The second-order valence-electron chi connectivity index (χ2n) is 4.59. The van der Waals surface area contributed by atoms with E-state index in [0.717, 1.165) is 10.1 Å². The molecule has 8 heteroatoms. The van der Waals surface area contributed by atoms with Gasteiger partial charge in [-0.3, -0.25) is 10.1 Å². The Bertz CT molecular complexity index is 911. The average molecular weight is 331 g/mol. The molecular formula is C15H11ClN4O3. The van der Waals surface area contributed by atoms with Crippen LogP contribution in [-0.4, -0.2) is 20.7 Å². The van der Waals surface area contributed by atoms with Crippen LogP contribution in [0.15, 0.2) is 53.5 Å². The predicted molar refractivity (Wildman–Crippen MR) is 84.5 cm³/mol. The Hall–Kier alpha value is -2.93. The number of nitrogens with one attached hydrogen (secondary N) is 1. The van der Waals surface area contributed by atoms with Gasteiger partial charge in [0.2, 0.25) is 0 Å². The number of ether oxygens (including phenoxy) is 1. The van der Waals surface area contributed by atoms with E-state index in [0.29, 0.717) is 5.65 Å². The SMILES string of the molecule is O=C(Nc1cnc2ccc(Cl)nn2c1=O)OCc1ccccc1. The zero-order valence-corrected chi connectivity index (χ0v) is 12.5. The van der Waals surface area contributed by atoms with Gasteiger partial charge in [-0.2, -0.15) is 9.61 Å². The van der Waals surface area contributed by atoms with Crippen molar-refractivity contribution in [2.75, 3.05) is 5.32 Å². The van der Waals surface area contributed by atoms with Crippen molar-refractivity contribution in [1.82, 2.24) is 14.6 Å². The molecule has 1 amide bonds. The molecule has 0 aliphatic carbocycles. The van der Waals surface area contributed by atoms with Crippen LogP contribution in [0.5, 0.6) is 0 Å². The van der Waals surface area contributed by atoms with E-state index in [-0.39, 0.29) is 17.4 Å². The van der Waals surface area contributed by atoms with Crippen LogP contribution in [0, 0.1) is 0 Å². The van der Waals surface area contributed by atoms with Crippen molar-refractivity contribution in [1.29, 1.82) is 0 Å². The predicted octanol–water partition coefficient (Wildman–Crippen LogP) is 2.49. The van der Waals surface area contributed by atoms with Gasteiger partial charge in [-0.05, 0) is 17.7 Å². The first-order chi connectivity index (χ1) is 11.1. The van der Waals surface area contributed by atoms with Gasteiger partial charge in [-0.1, -0.05) is 41.9 Å². The van der Waals surface area contributed by atoms with Gasteiger partial charge in [-0.25, -0.2) is 9.78 Å². The van der Waals surface area contributed by atoms with Crippen LogP contribution in [0.3, 0.4) is 0 Å². The molecular weight excluding hydrogens is 320 g/mol.